The monoisotopic (exact) mass is 655 g/mol. The molecular formula is C38H70O8. The summed E-state index contributed by atoms with van der Waals surface area (Å²) in [6, 6.07) is 0. The average molecular weight is 655 g/mol. The molecule has 0 bridgehead atoms. The van der Waals surface area contributed by atoms with Crippen LogP contribution in [0.5, 0.6) is 0 Å². The Morgan fingerprint density at radius 1 is 0.435 bits per heavy atom. The zero-order chi connectivity index (χ0) is 34.9. The van der Waals surface area contributed by atoms with E-state index in [0.29, 0.717) is 23.7 Å². The molecule has 0 radical (unpaired) electrons. The van der Waals surface area contributed by atoms with E-state index >= 15 is 0 Å². The van der Waals surface area contributed by atoms with Crippen LogP contribution in [0.3, 0.4) is 0 Å². The highest BCUT2D eigenvalue weighted by Gasteiger charge is 2.38. The van der Waals surface area contributed by atoms with Crippen molar-refractivity contribution in [2.24, 2.45) is 41.4 Å². The third-order valence-electron chi connectivity index (χ3n) is 8.26. The number of ether oxygens (including phenoxy) is 4. The number of hydrogen-bond acceptors (Lipinski definition) is 8. The van der Waals surface area contributed by atoms with Crippen molar-refractivity contribution < 1.29 is 38.1 Å². The molecule has 0 N–H and O–H groups in total. The van der Waals surface area contributed by atoms with Gasteiger partial charge in [-0.1, -0.05) is 88.0 Å². The lowest BCUT2D eigenvalue weighted by molar-refractivity contribution is -0.164. The maximum atomic E-state index is 13.4. The number of carbonyl (C=O) groups excluding carboxylic acids is 4. The smallest absolute Gasteiger partial charge is 0.309 e. The van der Waals surface area contributed by atoms with E-state index in [2.05, 4.69) is 55.4 Å². The molecule has 0 aromatic heterocycles. The minimum atomic E-state index is -0.953. The topological polar surface area (TPSA) is 105 Å². The lowest BCUT2D eigenvalue weighted by atomic mass is 9.84. The van der Waals surface area contributed by atoms with Crippen LogP contribution >= 0.6 is 0 Å². The van der Waals surface area contributed by atoms with Gasteiger partial charge in [-0.25, -0.2) is 0 Å². The minimum Gasteiger partial charge on any atom is -0.466 e. The second kappa shape index (κ2) is 26.9. The van der Waals surface area contributed by atoms with E-state index in [1.165, 1.54) is 0 Å². The normalized spacial score (nSPS) is 13.6. The van der Waals surface area contributed by atoms with E-state index in [1.807, 2.05) is 0 Å². The summed E-state index contributed by atoms with van der Waals surface area (Å²) in [6.45, 7) is 19.9. The Balaban J connectivity index is 5.65. The molecule has 0 aliphatic carbocycles. The van der Waals surface area contributed by atoms with Crippen LogP contribution in [-0.2, 0) is 38.1 Å². The first kappa shape index (κ1) is 43.9. The Labute approximate surface area is 281 Å². The summed E-state index contributed by atoms with van der Waals surface area (Å²) in [5.74, 6) is -2.56. The SMILES string of the molecule is CC(C)CCCCOC(=O)CC(CC(C(=O)OCCCCC(C)C)C(C)C(=O)OCCCCC(C)C)C(=O)OCCCCC(C)C. The molecule has 3 atom stereocenters. The minimum absolute atomic E-state index is 0.0538. The van der Waals surface area contributed by atoms with Crippen LogP contribution in [0.25, 0.3) is 0 Å². The molecule has 0 spiro atoms. The number of unbranched alkanes of at least 4 members (excludes halogenated alkanes) is 4. The quantitative estimate of drug-likeness (QED) is 0.0467. The van der Waals surface area contributed by atoms with Gasteiger partial charge in [-0.05, 0) is 81.5 Å². The molecule has 0 amide bonds. The third-order valence-corrected chi connectivity index (χ3v) is 8.26. The molecule has 0 rings (SSSR count). The fourth-order valence-electron chi connectivity index (χ4n) is 5.18. The highest BCUT2D eigenvalue weighted by atomic mass is 16.5. The summed E-state index contributed by atoms with van der Waals surface area (Å²) in [6.07, 6.45) is 10.6. The highest BCUT2D eigenvalue weighted by Crippen LogP contribution is 2.28. The predicted octanol–water partition coefficient (Wildman–Crippen LogP) is 9.11. The van der Waals surface area contributed by atoms with Gasteiger partial charge in [-0.2, -0.15) is 0 Å². The van der Waals surface area contributed by atoms with Crippen molar-refractivity contribution in [2.45, 2.75) is 152 Å². The highest BCUT2D eigenvalue weighted by molar-refractivity contribution is 5.84. The van der Waals surface area contributed by atoms with Gasteiger partial charge < -0.3 is 18.9 Å². The second-order valence-corrected chi connectivity index (χ2v) is 14.8. The molecule has 270 valence electrons. The van der Waals surface area contributed by atoms with Crippen LogP contribution in [-0.4, -0.2) is 50.3 Å². The summed E-state index contributed by atoms with van der Waals surface area (Å²) in [5.41, 5.74) is 0. The van der Waals surface area contributed by atoms with Gasteiger partial charge in [0.25, 0.3) is 0 Å². The van der Waals surface area contributed by atoms with Crippen molar-refractivity contribution in [1.82, 2.24) is 0 Å². The number of esters is 4. The number of hydrogen-bond donors (Lipinski definition) is 0. The van der Waals surface area contributed by atoms with Crippen LogP contribution in [0.2, 0.25) is 0 Å². The van der Waals surface area contributed by atoms with Crippen molar-refractivity contribution in [2.75, 3.05) is 26.4 Å². The second-order valence-electron chi connectivity index (χ2n) is 14.8. The number of rotatable bonds is 28. The van der Waals surface area contributed by atoms with Crippen LogP contribution in [0, 0.1) is 41.4 Å². The molecule has 0 heterocycles. The van der Waals surface area contributed by atoms with Crippen LogP contribution in [0.4, 0.5) is 0 Å². The Bertz CT molecular complexity index is 820. The lowest BCUT2D eigenvalue weighted by Crippen LogP contribution is -2.35. The molecule has 46 heavy (non-hydrogen) atoms. The van der Waals surface area contributed by atoms with Gasteiger partial charge in [-0.15, -0.1) is 0 Å². The average Bonchev–Trinajstić information content (AvgIpc) is 2.97. The summed E-state index contributed by atoms with van der Waals surface area (Å²) < 4.78 is 22.3. The van der Waals surface area contributed by atoms with E-state index in [9.17, 15) is 19.2 Å². The van der Waals surface area contributed by atoms with Crippen molar-refractivity contribution in [3.63, 3.8) is 0 Å². The van der Waals surface area contributed by atoms with Gasteiger partial charge in [-0.3, -0.25) is 19.2 Å². The maximum Gasteiger partial charge on any atom is 0.309 e. The zero-order valence-corrected chi connectivity index (χ0v) is 31.0. The molecule has 0 saturated carbocycles. The molecule has 0 aromatic carbocycles. The van der Waals surface area contributed by atoms with Gasteiger partial charge in [0.15, 0.2) is 0 Å². The van der Waals surface area contributed by atoms with E-state index in [1.54, 1.807) is 6.92 Å². The Kier molecular flexibility index (Phi) is 25.7. The van der Waals surface area contributed by atoms with Gasteiger partial charge in [0.05, 0.1) is 50.6 Å². The van der Waals surface area contributed by atoms with E-state index in [0.717, 1.165) is 77.0 Å². The Hall–Kier alpha value is -2.12. The van der Waals surface area contributed by atoms with Gasteiger partial charge in [0.1, 0.15) is 0 Å². The van der Waals surface area contributed by atoms with E-state index in [-0.39, 0.29) is 39.3 Å². The molecule has 0 saturated heterocycles. The molecule has 3 unspecified atom stereocenters. The van der Waals surface area contributed by atoms with Crippen LogP contribution in [0.15, 0.2) is 0 Å². The molecule has 8 heteroatoms. The standard InChI is InChI=1S/C38H70O8/c1-28(2)18-10-14-22-43-35(39)27-33(37(41)45-24-16-12-20-30(5)6)26-34(38(42)46-25-17-13-21-31(7)8)32(9)36(40)44-23-15-11-19-29(3)4/h28-34H,10-27H2,1-9H3. The van der Waals surface area contributed by atoms with Gasteiger partial charge in [0, 0.05) is 0 Å². The fourth-order valence-corrected chi connectivity index (χ4v) is 5.18. The fraction of sp³-hybridized carbons (Fsp3) is 0.895. The predicted molar refractivity (Wildman–Crippen MR) is 184 cm³/mol. The summed E-state index contributed by atoms with van der Waals surface area (Å²) >= 11 is 0. The first-order valence-corrected chi connectivity index (χ1v) is 18.4. The molecule has 0 fully saturated rings. The van der Waals surface area contributed by atoms with E-state index in [4.69, 9.17) is 18.9 Å². The first-order chi connectivity index (χ1) is 21.7. The summed E-state index contributed by atoms with van der Waals surface area (Å²) in [5, 5.41) is 0. The molecule has 0 aliphatic heterocycles. The van der Waals surface area contributed by atoms with Crippen molar-refractivity contribution in [3.8, 4) is 0 Å². The van der Waals surface area contributed by atoms with Crippen molar-refractivity contribution in [3.05, 3.63) is 0 Å². The zero-order valence-electron chi connectivity index (χ0n) is 31.0. The molecule has 0 aliphatic rings. The summed E-state index contributed by atoms with van der Waals surface area (Å²) in [7, 11) is 0. The molecule has 0 aromatic rings. The Morgan fingerprint density at radius 2 is 0.783 bits per heavy atom. The summed E-state index contributed by atoms with van der Waals surface area (Å²) in [4.78, 5) is 52.8. The third kappa shape index (κ3) is 24.1. The number of carbonyl (C=O) groups is 4. The molecule has 8 nitrogen and oxygen atoms in total. The maximum absolute atomic E-state index is 13.4. The van der Waals surface area contributed by atoms with Gasteiger partial charge >= 0.3 is 23.9 Å². The van der Waals surface area contributed by atoms with Crippen LogP contribution < -0.4 is 0 Å². The van der Waals surface area contributed by atoms with Crippen molar-refractivity contribution >= 4 is 23.9 Å². The molecular weight excluding hydrogens is 584 g/mol. The van der Waals surface area contributed by atoms with E-state index < -0.39 is 41.6 Å². The largest absolute Gasteiger partial charge is 0.466 e. The lowest BCUT2D eigenvalue weighted by Gasteiger charge is -2.25. The van der Waals surface area contributed by atoms with Crippen LogP contribution in [0.1, 0.15) is 152 Å². The van der Waals surface area contributed by atoms with Gasteiger partial charge in [0.2, 0.25) is 0 Å². The first-order valence-electron chi connectivity index (χ1n) is 18.4. The Morgan fingerprint density at radius 3 is 1.17 bits per heavy atom. The van der Waals surface area contributed by atoms with Crippen molar-refractivity contribution in [1.29, 1.82) is 0 Å².